The summed E-state index contributed by atoms with van der Waals surface area (Å²) in [6, 6.07) is 11.3. The van der Waals surface area contributed by atoms with E-state index in [1.165, 1.54) is 4.52 Å². The molecule has 2 aromatic heterocycles. The molecule has 8 nitrogen and oxygen atoms in total. The molecular weight excluding hydrogens is 382 g/mol. The van der Waals surface area contributed by atoms with Gasteiger partial charge in [-0.3, -0.25) is 14.4 Å². The molecule has 30 heavy (non-hydrogen) atoms. The maximum atomic E-state index is 13.2. The van der Waals surface area contributed by atoms with Crippen LogP contribution in [0.4, 0.5) is 0 Å². The Hall–Kier alpha value is -3.42. The van der Waals surface area contributed by atoms with Gasteiger partial charge in [0.1, 0.15) is 17.9 Å². The second-order valence-corrected chi connectivity index (χ2v) is 7.53. The fraction of sp³-hybridized carbons (Fsp3) is 0.364. The van der Waals surface area contributed by atoms with Gasteiger partial charge in [-0.25, -0.2) is 0 Å². The number of aromatic nitrogens is 3. The first-order chi connectivity index (χ1) is 14.5. The minimum atomic E-state index is -0.312. The fourth-order valence-electron chi connectivity index (χ4n) is 3.87. The molecule has 1 aliphatic rings. The molecule has 2 amide bonds. The summed E-state index contributed by atoms with van der Waals surface area (Å²) in [5.74, 6) is -0.437. The molecule has 0 saturated carbocycles. The first-order valence-electron chi connectivity index (χ1n) is 10.2. The number of amides is 2. The molecule has 0 aliphatic carbocycles. The molecule has 3 aromatic rings. The molecule has 0 radical (unpaired) electrons. The van der Waals surface area contributed by atoms with Crippen LogP contribution in [0.25, 0.3) is 16.9 Å². The van der Waals surface area contributed by atoms with E-state index in [4.69, 9.17) is 0 Å². The van der Waals surface area contributed by atoms with Crippen molar-refractivity contribution in [1.82, 2.24) is 24.4 Å². The second-order valence-electron chi connectivity index (χ2n) is 7.53. The highest BCUT2D eigenvalue weighted by molar-refractivity contribution is 5.98. The van der Waals surface area contributed by atoms with Gasteiger partial charge in [0.2, 0.25) is 5.91 Å². The number of likely N-dealkylation sites (N-methyl/N-ethyl adjacent to an activating group) is 1. The zero-order chi connectivity index (χ0) is 21.4. The number of nitrogens with zero attached hydrogens (tertiary/aromatic N) is 4. The highest BCUT2D eigenvalue weighted by Gasteiger charge is 2.36. The Morgan fingerprint density at radius 2 is 1.93 bits per heavy atom. The van der Waals surface area contributed by atoms with E-state index in [1.807, 2.05) is 51.1 Å². The number of rotatable bonds is 6. The predicted molar refractivity (Wildman–Crippen MR) is 113 cm³/mol. The van der Waals surface area contributed by atoms with Crippen molar-refractivity contribution < 1.29 is 9.59 Å². The Labute approximate surface area is 174 Å². The molecule has 1 N–H and O–H groups in total. The number of carbonyl (C=O) groups is 2. The molecule has 1 atom stereocenters. The molecule has 156 valence electrons. The fourth-order valence-corrected chi connectivity index (χ4v) is 3.87. The molecule has 0 saturated heterocycles. The molecule has 4 rings (SSSR count). The van der Waals surface area contributed by atoms with Crippen LogP contribution in [0.3, 0.4) is 0 Å². The van der Waals surface area contributed by atoms with E-state index in [2.05, 4.69) is 10.4 Å². The Bertz CT molecular complexity index is 1180. The highest BCUT2D eigenvalue weighted by atomic mass is 16.2. The minimum Gasteiger partial charge on any atom is -0.355 e. The van der Waals surface area contributed by atoms with E-state index in [0.29, 0.717) is 29.1 Å². The van der Waals surface area contributed by atoms with E-state index in [0.717, 1.165) is 12.0 Å². The summed E-state index contributed by atoms with van der Waals surface area (Å²) >= 11 is 0. The second kappa shape index (κ2) is 7.78. The quantitative estimate of drug-likeness (QED) is 0.677. The van der Waals surface area contributed by atoms with E-state index >= 15 is 0 Å². The van der Waals surface area contributed by atoms with Crippen LogP contribution in [-0.4, -0.2) is 43.5 Å². The van der Waals surface area contributed by atoms with Crippen molar-refractivity contribution in [1.29, 1.82) is 0 Å². The largest absolute Gasteiger partial charge is 0.355 e. The third kappa shape index (κ3) is 3.18. The van der Waals surface area contributed by atoms with E-state index in [9.17, 15) is 14.4 Å². The summed E-state index contributed by atoms with van der Waals surface area (Å²) in [7, 11) is 0. The van der Waals surface area contributed by atoms with Gasteiger partial charge >= 0.3 is 0 Å². The monoisotopic (exact) mass is 407 g/mol. The van der Waals surface area contributed by atoms with Crippen LogP contribution in [0.15, 0.2) is 41.2 Å². The van der Waals surface area contributed by atoms with Gasteiger partial charge in [-0.05, 0) is 20.3 Å². The Balaban J connectivity index is 1.94. The van der Waals surface area contributed by atoms with Gasteiger partial charge in [-0.1, -0.05) is 37.3 Å². The van der Waals surface area contributed by atoms with Gasteiger partial charge in [-0.2, -0.15) is 9.61 Å². The number of benzene rings is 1. The van der Waals surface area contributed by atoms with Crippen molar-refractivity contribution in [2.45, 2.75) is 46.3 Å². The van der Waals surface area contributed by atoms with E-state index in [1.54, 1.807) is 15.5 Å². The number of hydrogen-bond donors (Lipinski definition) is 1. The standard InChI is InChI=1S/C22H25N5O3/c1-4-14(3)25-12-16-20(22(25)30)26(13-18(28)23-5-2)19-11-17(24-27(19)21(16)29)15-9-7-6-8-10-15/h6-11,14H,4-5,12-13H2,1-3H3,(H,23,28)/t14-/m1/s1. The molecule has 0 fully saturated rings. The van der Waals surface area contributed by atoms with Gasteiger partial charge in [0.25, 0.3) is 11.5 Å². The molecule has 1 aromatic carbocycles. The molecule has 8 heteroatoms. The van der Waals surface area contributed by atoms with Crippen molar-refractivity contribution >= 4 is 17.5 Å². The summed E-state index contributed by atoms with van der Waals surface area (Å²) in [5, 5.41) is 7.28. The summed E-state index contributed by atoms with van der Waals surface area (Å²) < 4.78 is 2.94. The first-order valence-corrected chi connectivity index (χ1v) is 10.2. The lowest BCUT2D eigenvalue weighted by molar-refractivity contribution is -0.121. The summed E-state index contributed by atoms with van der Waals surface area (Å²) in [6.07, 6.45) is 0.777. The van der Waals surface area contributed by atoms with Gasteiger partial charge in [0.15, 0.2) is 0 Å². The predicted octanol–water partition coefficient (Wildman–Crippen LogP) is 2.05. The molecule has 0 unspecified atom stereocenters. The Kier molecular flexibility index (Phi) is 5.15. The maximum Gasteiger partial charge on any atom is 0.280 e. The van der Waals surface area contributed by atoms with Crippen LogP contribution in [0.1, 0.15) is 43.2 Å². The van der Waals surface area contributed by atoms with Crippen LogP contribution < -0.4 is 10.9 Å². The first kappa shape index (κ1) is 19.9. The highest BCUT2D eigenvalue weighted by Crippen LogP contribution is 2.27. The number of nitrogens with one attached hydrogen (secondary N) is 1. The number of fused-ring (bicyclic) bond motifs is 2. The Morgan fingerprint density at radius 3 is 2.60 bits per heavy atom. The topological polar surface area (TPSA) is 88.7 Å². The van der Waals surface area contributed by atoms with Crippen LogP contribution in [-0.2, 0) is 17.9 Å². The number of hydrogen-bond acceptors (Lipinski definition) is 4. The van der Waals surface area contributed by atoms with Crippen molar-refractivity contribution in [2.24, 2.45) is 0 Å². The third-order valence-electron chi connectivity index (χ3n) is 5.63. The smallest absolute Gasteiger partial charge is 0.280 e. The average molecular weight is 407 g/mol. The SMILES string of the molecule is CCNC(=O)Cn1c2c(c(=O)n3nc(-c4ccccc4)cc13)CN([C@H](C)CC)C2=O. The molecule has 1 aliphatic heterocycles. The van der Waals surface area contributed by atoms with Crippen molar-refractivity contribution in [3.63, 3.8) is 0 Å². The van der Waals surface area contributed by atoms with E-state index in [-0.39, 0.29) is 36.5 Å². The lowest BCUT2D eigenvalue weighted by Gasteiger charge is -2.22. The van der Waals surface area contributed by atoms with Crippen LogP contribution in [0, 0.1) is 0 Å². The summed E-state index contributed by atoms with van der Waals surface area (Å²) in [4.78, 5) is 40.6. The number of carbonyl (C=O) groups excluding carboxylic acids is 2. The maximum absolute atomic E-state index is 13.2. The van der Waals surface area contributed by atoms with Crippen molar-refractivity contribution in [3.8, 4) is 11.3 Å². The molecule has 0 bridgehead atoms. The van der Waals surface area contributed by atoms with Crippen LogP contribution in [0.5, 0.6) is 0 Å². The van der Waals surface area contributed by atoms with Crippen molar-refractivity contribution in [3.05, 3.63) is 58.0 Å². The lowest BCUT2D eigenvalue weighted by atomic mass is 10.1. The summed E-state index contributed by atoms with van der Waals surface area (Å²) in [5.41, 5.74) is 2.28. The zero-order valence-electron chi connectivity index (χ0n) is 17.4. The van der Waals surface area contributed by atoms with Gasteiger partial charge in [-0.15, -0.1) is 0 Å². The van der Waals surface area contributed by atoms with Gasteiger partial charge in [0, 0.05) is 24.2 Å². The van der Waals surface area contributed by atoms with Crippen molar-refractivity contribution in [2.75, 3.05) is 6.54 Å². The third-order valence-corrected chi connectivity index (χ3v) is 5.63. The normalized spacial score (nSPS) is 14.2. The van der Waals surface area contributed by atoms with E-state index < -0.39 is 0 Å². The molecule has 3 heterocycles. The van der Waals surface area contributed by atoms with Crippen LogP contribution >= 0.6 is 0 Å². The molecular formula is C22H25N5O3. The molecule has 0 spiro atoms. The van der Waals surface area contributed by atoms with Gasteiger partial charge in [0.05, 0.1) is 17.8 Å². The van der Waals surface area contributed by atoms with Gasteiger partial charge < -0.3 is 14.8 Å². The lowest BCUT2D eigenvalue weighted by Crippen LogP contribution is -2.34. The zero-order valence-corrected chi connectivity index (χ0v) is 17.4. The average Bonchev–Trinajstić information content (AvgIpc) is 3.34. The van der Waals surface area contributed by atoms with Crippen LogP contribution in [0.2, 0.25) is 0 Å². The summed E-state index contributed by atoms with van der Waals surface area (Å²) in [6.45, 7) is 6.46. The minimum absolute atomic E-state index is 0.00517. The Morgan fingerprint density at radius 1 is 1.20 bits per heavy atom.